The van der Waals surface area contributed by atoms with Gasteiger partial charge in [-0.15, -0.1) is 11.3 Å². The number of hydrogen-bond acceptors (Lipinski definition) is 2. The lowest BCUT2D eigenvalue weighted by atomic mass is 10.0. The van der Waals surface area contributed by atoms with Gasteiger partial charge in [0.15, 0.2) is 0 Å². The lowest BCUT2D eigenvalue weighted by molar-refractivity contribution is 0.782. The first-order chi connectivity index (χ1) is 8.33. The van der Waals surface area contributed by atoms with Crippen LogP contribution >= 0.6 is 11.3 Å². The number of rotatable bonds is 2. The Morgan fingerprint density at radius 1 is 1.06 bits per heavy atom. The van der Waals surface area contributed by atoms with Crippen molar-refractivity contribution in [1.29, 1.82) is 0 Å². The molecule has 1 aromatic heterocycles. The zero-order chi connectivity index (χ0) is 11.7. The second-order valence-corrected chi connectivity index (χ2v) is 5.40. The van der Waals surface area contributed by atoms with Crippen molar-refractivity contribution < 1.29 is 0 Å². The van der Waals surface area contributed by atoms with E-state index in [9.17, 15) is 0 Å². The molecule has 1 aliphatic carbocycles. The van der Waals surface area contributed by atoms with Gasteiger partial charge in [-0.05, 0) is 41.0 Å². The second-order valence-electron chi connectivity index (χ2n) is 4.45. The summed E-state index contributed by atoms with van der Waals surface area (Å²) >= 11 is 1.78. The smallest absolute Gasteiger partial charge is 0.0342 e. The fraction of sp³-hybridized carbons (Fsp3) is 0.200. The van der Waals surface area contributed by atoms with Crippen LogP contribution in [-0.2, 0) is 0 Å². The summed E-state index contributed by atoms with van der Waals surface area (Å²) in [6.07, 6.45) is 4.39. The molecule has 1 nitrogen and oxygen atoms in total. The van der Waals surface area contributed by atoms with E-state index < -0.39 is 0 Å². The van der Waals surface area contributed by atoms with Gasteiger partial charge in [0.05, 0.1) is 0 Å². The van der Waals surface area contributed by atoms with E-state index >= 15 is 0 Å². The second kappa shape index (κ2) is 4.47. The molecule has 17 heavy (non-hydrogen) atoms. The maximum atomic E-state index is 5.89. The maximum Gasteiger partial charge on any atom is 0.0342 e. The van der Waals surface area contributed by atoms with Gasteiger partial charge in [0, 0.05) is 10.9 Å². The lowest BCUT2D eigenvalue weighted by Gasteiger charge is -2.03. The molecule has 86 valence electrons. The van der Waals surface area contributed by atoms with E-state index in [0.29, 0.717) is 0 Å². The number of thiophene rings is 1. The Hall–Kier alpha value is -1.38. The van der Waals surface area contributed by atoms with Crippen LogP contribution in [0.1, 0.15) is 18.4 Å². The van der Waals surface area contributed by atoms with E-state index in [-0.39, 0.29) is 6.04 Å². The minimum absolute atomic E-state index is 0.252. The van der Waals surface area contributed by atoms with E-state index in [0.717, 1.165) is 12.8 Å². The van der Waals surface area contributed by atoms with Crippen molar-refractivity contribution in [3.63, 3.8) is 0 Å². The molecule has 1 aromatic carbocycles. The third-order valence-electron chi connectivity index (χ3n) is 3.22. The normalized spacial score (nSPS) is 19.4. The predicted octanol–water partition coefficient (Wildman–Crippen LogP) is 3.92. The number of hydrogen-bond donors (Lipinski definition) is 1. The summed E-state index contributed by atoms with van der Waals surface area (Å²) in [5.41, 5.74) is 9.91. The van der Waals surface area contributed by atoms with Crippen LogP contribution < -0.4 is 5.73 Å². The highest BCUT2D eigenvalue weighted by atomic mass is 32.1. The average Bonchev–Trinajstić information content (AvgIpc) is 3.00. The molecule has 0 fully saturated rings. The molecule has 3 rings (SSSR count). The van der Waals surface area contributed by atoms with Gasteiger partial charge in [0.2, 0.25) is 0 Å². The Balaban J connectivity index is 1.88. The molecule has 2 aromatic rings. The van der Waals surface area contributed by atoms with Gasteiger partial charge >= 0.3 is 0 Å². The highest BCUT2D eigenvalue weighted by Crippen LogP contribution is 2.30. The number of nitrogens with two attached hydrogens (primary N) is 1. The third kappa shape index (κ3) is 2.19. The Kier molecular flexibility index (Phi) is 2.83. The molecule has 0 saturated carbocycles. The van der Waals surface area contributed by atoms with Crippen molar-refractivity contribution in [1.82, 2.24) is 0 Å². The predicted molar refractivity (Wildman–Crippen MR) is 74.9 cm³/mol. The van der Waals surface area contributed by atoms with Gasteiger partial charge in [-0.1, -0.05) is 36.4 Å². The molecule has 0 spiro atoms. The van der Waals surface area contributed by atoms with Crippen molar-refractivity contribution in [3.8, 4) is 10.4 Å². The summed E-state index contributed by atoms with van der Waals surface area (Å²) in [6.45, 7) is 0. The Morgan fingerprint density at radius 2 is 1.82 bits per heavy atom. The van der Waals surface area contributed by atoms with Crippen molar-refractivity contribution in [2.24, 2.45) is 5.73 Å². The van der Waals surface area contributed by atoms with E-state index in [1.54, 1.807) is 11.3 Å². The Bertz CT molecular complexity index is 523. The summed E-state index contributed by atoms with van der Waals surface area (Å²) in [7, 11) is 0. The third-order valence-corrected chi connectivity index (χ3v) is 4.14. The average molecular weight is 241 g/mol. The molecule has 1 atom stereocenters. The summed E-state index contributed by atoms with van der Waals surface area (Å²) in [6, 6.07) is 13.3. The molecule has 0 bridgehead atoms. The molecule has 2 heteroatoms. The Labute approximate surface area is 106 Å². The zero-order valence-electron chi connectivity index (χ0n) is 9.60. The van der Waals surface area contributed by atoms with Crippen LogP contribution in [0.5, 0.6) is 0 Å². The van der Waals surface area contributed by atoms with E-state index in [1.165, 1.54) is 21.6 Å². The number of allylic oxidation sites excluding steroid dienone is 1. The maximum absolute atomic E-state index is 5.89. The van der Waals surface area contributed by atoms with Gasteiger partial charge in [-0.25, -0.2) is 0 Å². The largest absolute Gasteiger partial charge is 0.324 e. The first-order valence-electron chi connectivity index (χ1n) is 5.93. The highest BCUT2D eigenvalue weighted by molar-refractivity contribution is 7.13. The molecule has 0 amide bonds. The summed E-state index contributed by atoms with van der Waals surface area (Å²) in [4.78, 5) is 1.33. The van der Waals surface area contributed by atoms with Gasteiger partial charge < -0.3 is 5.73 Å². The summed E-state index contributed by atoms with van der Waals surface area (Å²) < 4.78 is 0. The first kappa shape index (κ1) is 10.8. The summed E-state index contributed by atoms with van der Waals surface area (Å²) in [5.74, 6) is 0. The van der Waals surface area contributed by atoms with E-state index in [1.807, 2.05) is 0 Å². The summed E-state index contributed by atoms with van der Waals surface area (Å²) in [5, 5.41) is 2.11. The SMILES string of the molecule is NC1C=C(c2ccc(-c3cccs3)cc2)CC1. The quantitative estimate of drug-likeness (QED) is 0.847. The van der Waals surface area contributed by atoms with Crippen molar-refractivity contribution in [2.75, 3.05) is 0 Å². The van der Waals surface area contributed by atoms with Gasteiger partial charge in [-0.2, -0.15) is 0 Å². The van der Waals surface area contributed by atoms with Crippen LogP contribution in [0.4, 0.5) is 0 Å². The fourth-order valence-electron chi connectivity index (χ4n) is 2.28. The number of benzene rings is 1. The highest BCUT2D eigenvalue weighted by Gasteiger charge is 2.13. The molecule has 0 aliphatic heterocycles. The Morgan fingerprint density at radius 3 is 2.41 bits per heavy atom. The molecular formula is C15H15NS. The molecule has 1 aliphatic rings. The standard InChI is InChI=1S/C15H15NS/c16-14-8-7-13(10-14)11-3-5-12(6-4-11)15-2-1-9-17-15/h1-6,9-10,14H,7-8,16H2. The molecule has 2 N–H and O–H groups in total. The van der Waals surface area contributed by atoms with Crippen molar-refractivity contribution in [2.45, 2.75) is 18.9 Å². The van der Waals surface area contributed by atoms with Gasteiger partial charge in [0.1, 0.15) is 0 Å². The van der Waals surface area contributed by atoms with E-state index in [4.69, 9.17) is 5.73 Å². The zero-order valence-corrected chi connectivity index (χ0v) is 10.4. The van der Waals surface area contributed by atoms with Crippen LogP contribution in [-0.4, -0.2) is 6.04 Å². The van der Waals surface area contributed by atoms with Crippen molar-refractivity contribution in [3.05, 3.63) is 53.4 Å². The van der Waals surface area contributed by atoms with Gasteiger partial charge in [-0.3, -0.25) is 0 Å². The molecule has 1 heterocycles. The molecule has 0 saturated heterocycles. The van der Waals surface area contributed by atoms with Crippen LogP contribution in [0.2, 0.25) is 0 Å². The lowest BCUT2D eigenvalue weighted by Crippen LogP contribution is -2.11. The van der Waals surface area contributed by atoms with Crippen LogP contribution in [0, 0.1) is 0 Å². The van der Waals surface area contributed by atoms with Crippen LogP contribution in [0.3, 0.4) is 0 Å². The van der Waals surface area contributed by atoms with Crippen LogP contribution in [0.15, 0.2) is 47.9 Å². The van der Waals surface area contributed by atoms with Crippen molar-refractivity contribution >= 4 is 16.9 Å². The fourth-order valence-corrected chi connectivity index (χ4v) is 3.01. The molecular weight excluding hydrogens is 226 g/mol. The molecule has 0 radical (unpaired) electrons. The monoisotopic (exact) mass is 241 g/mol. The minimum Gasteiger partial charge on any atom is -0.324 e. The molecule has 1 unspecified atom stereocenters. The van der Waals surface area contributed by atoms with E-state index in [2.05, 4.69) is 47.9 Å². The van der Waals surface area contributed by atoms with Crippen LogP contribution in [0.25, 0.3) is 16.0 Å². The minimum atomic E-state index is 0.252. The first-order valence-corrected chi connectivity index (χ1v) is 6.81. The topological polar surface area (TPSA) is 26.0 Å². The van der Waals surface area contributed by atoms with Gasteiger partial charge in [0.25, 0.3) is 0 Å².